The lowest BCUT2D eigenvalue weighted by molar-refractivity contribution is -0.0584. The third-order valence-corrected chi connectivity index (χ3v) is 5.04. The smallest absolute Gasteiger partial charge is 0.275 e. The molecule has 6 heteroatoms. The van der Waals surface area contributed by atoms with E-state index < -0.39 is 0 Å². The van der Waals surface area contributed by atoms with Gasteiger partial charge in [0.1, 0.15) is 0 Å². The lowest BCUT2D eigenvalue weighted by atomic mass is 10.1. The molecule has 0 aromatic carbocycles. The van der Waals surface area contributed by atoms with Gasteiger partial charge in [-0.15, -0.1) is 11.3 Å². The summed E-state index contributed by atoms with van der Waals surface area (Å²) in [5, 5.41) is 0. The first-order valence-electron chi connectivity index (χ1n) is 6.73. The predicted octanol–water partition coefficient (Wildman–Crippen LogP) is 1.10. The summed E-state index contributed by atoms with van der Waals surface area (Å²) >= 11 is 1.52. The second kappa shape index (κ2) is 5.58. The van der Waals surface area contributed by atoms with E-state index in [0.717, 1.165) is 19.7 Å². The normalized spacial score (nSPS) is 27.2. The van der Waals surface area contributed by atoms with E-state index in [9.17, 15) is 4.79 Å². The molecule has 1 aromatic heterocycles. The first-order valence-corrected chi connectivity index (χ1v) is 7.55. The van der Waals surface area contributed by atoms with Crippen molar-refractivity contribution in [2.75, 3.05) is 13.2 Å². The summed E-state index contributed by atoms with van der Waals surface area (Å²) in [5.41, 5.74) is 2.17. The zero-order chi connectivity index (χ0) is 13.2. The van der Waals surface area contributed by atoms with E-state index in [1.54, 1.807) is 0 Å². The number of carbonyl (C=O) groups is 1. The monoisotopic (exact) mass is 281 g/mol. The number of nitrogens with two attached hydrogens (primary N) is 1. The van der Waals surface area contributed by atoms with Crippen LogP contribution in [0.3, 0.4) is 0 Å². The Morgan fingerprint density at radius 2 is 2.42 bits per heavy atom. The minimum atomic E-state index is -0.211. The van der Waals surface area contributed by atoms with Gasteiger partial charge in [0, 0.05) is 24.0 Å². The highest BCUT2D eigenvalue weighted by Gasteiger charge is 2.35. The van der Waals surface area contributed by atoms with Crippen molar-refractivity contribution in [1.29, 1.82) is 0 Å². The average molecular weight is 281 g/mol. The molecule has 2 aliphatic rings. The first kappa shape index (κ1) is 13.1. The highest BCUT2D eigenvalue weighted by molar-refractivity contribution is 7.14. The van der Waals surface area contributed by atoms with Crippen LogP contribution in [0.25, 0.3) is 0 Å². The summed E-state index contributed by atoms with van der Waals surface area (Å²) in [6.45, 7) is 2.72. The van der Waals surface area contributed by atoms with Crippen LogP contribution >= 0.6 is 11.3 Å². The van der Waals surface area contributed by atoms with Crippen molar-refractivity contribution in [3.05, 3.63) is 21.9 Å². The third-order valence-electron chi connectivity index (χ3n) is 3.97. The number of hydrogen-bond donors (Lipinski definition) is 2. The van der Waals surface area contributed by atoms with Gasteiger partial charge in [0.25, 0.3) is 5.91 Å². The Hall–Kier alpha value is -0.950. The van der Waals surface area contributed by atoms with Crippen LogP contribution in [0.2, 0.25) is 0 Å². The van der Waals surface area contributed by atoms with Gasteiger partial charge in [0.2, 0.25) is 0 Å². The molecule has 0 bridgehead atoms. The fourth-order valence-electron chi connectivity index (χ4n) is 3.06. The summed E-state index contributed by atoms with van der Waals surface area (Å²) in [6, 6.07) is 4.42. The fraction of sp³-hybridized carbons (Fsp3) is 0.615. The molecule has 1 amide bonds. The second-order valence-corrected chi connectivity index (χ2v) is 6.29. The van der Waals surface area contributed by atoms with Crippen LogP contribution < -0.4 is 11.3 Å². The van der Waals surface area contributed by atoms with Crippen LogP contribution in [-0.2, 0) is 11.3 Å². The van der Waals surface area contributed by atoms with E-state index in [1.807, 2.05) is 12.1 Å². The number of amides is 1. The number of fused-ring (bicyclic) bond motifs is 1. The summed E-state index contributed by atoms with van der Waals surface area (Å²) in [5.74, 6) is 4.94. The van der Waals surface area contributed by atoms with Crippen molar-refractivity contribution in [1.82, 2.24) is 10.3 Å². The lowest BCUT2D eigenvalue weighted by Crippen LogP contribution is -2.47. The van der Waals surface area contributed by atoms with Crippen molar-refractivity contribution in [2.45, 2.75) is 38.0 Å². The average Bonchev–Trinajstić information content (AvgIpc) is 3.07. The van der Waals surface area contributed by atoms with Gasteiger partial charge in [0.05, 0.1) is 17.6 Å². The van der Waals surface area contributed by atoms with Gasteiger partial charge < -0.3 is 4.74 Å². The predicted molar refractivity (Wildman–Crippen MR) is 73.8 cm³/mol. The quantitative estimate of drug-likeness (QED) is 0.495. The molecule has 0 spiro atoms. The van der Waals surface area contributed by atoms with Gasteiger partial charge in [-0.3, -0.25) is 15.1 Å². The van der Waals surface area contributed by atoms with Crippen LogP contribution in [0, 0.1) is 0 Å². The number of ether oxygens (including phenoxy) is 1. The molecule has 2 unspecified atom stereocenters. The molecule has 2 fully saturated rings. The van der Waals surface area contributed by atoms with Crippen molar-refractivity contribution >= 4 is 17.2 Å². The van der Waals surface area contributed by atoms with Gasteiger partial charge in [-0.25, -0.2) is 5.84 Å². The number of carbonyl (C=O) groups excluding carboxylic acids is 1. The maximum absolute atomic E-state index is 11.4. The van der Waals surface area contributed by atoms with Gasteiger partial charge in [0.15, 0.2) is 0 Å². The maximum atomic E-state index is 11.4. The molecule has 1 saturated carbocycles. The number of nitrogens with one attached hydrogen (secondary N) is 1. The van der Waals surface area contributed by atoms with Crippen LogP contribution in [0.15, 0.2) is 12.1 Å². The molecule has 0 radical (unpaired) electrons. The Morgan fingerprint density at radius 3 is 3.26 bits per heavy atom. The molecule has 1 aliphatic carbocycles. The molecule has 1 aliphatic heterocycles. The zero-order valence-electron chi connectivity index (χ0n) is 10.8. The highest BCUT2D eigenvalue weighted by atomic mass is 32.1. The molecule has 5 nitrogen and oxygen atoms in total. The Morgan fingerprint density at radius 1 is 1.53 bits per heavy atom. The molecule has 3 rings (SSSR count). The summed E-state index contributed by atoms with van der Waals surface area (Å²) in [7, 11) is 0. The molecule has 2 atom stereocenters. The molecule has 3 N–H and O–H groups in total. The molecule has 1 saturated heterocycles. The number of hydrazine groups is 1. The Balaban J connectivity index is 1.67. The van der Waals surface area contributed by atoms with Crippen LogP contribution in [0.5, 0.6) is 0 Å². The third kappa shape index (κ3) is 2.67. The molecule has 2 heterocycles. The van der Waals surface area contributed by atoms with E-state index in [2.05, 4.69) is 10.3 Å². The largest absolute Gasteiger partial charge is 0.375 e. The van der Waals surface area contributed by atoms with Crippen molar-refractivity contribution < 1.29 is 9.53 Å². The molecule has 104 valence electrons. The van der Waals surface area contributed by atoms with Crippen molar-refractivity contribution in [3.63, 3.8) is 0 Å². The Bertz CT molecular complexity index is 462. The number of nitrogens with zero attached hydrogens (tertiary/aromatic N) is 1. The van der Waals surface area contributed by atoms with Crippen LogP contribution in [0.4, 0.5) is 0 Å². The minimum Gasteiger partial charge on any atom is -0.375 e. The molecular formula is C13H19N3O2S. The van der Waals surface area contributed by atoms with Gasteiger partial charge in [-0.1, -0.05) is 0 Å². The van der Waals surface area contributed by atoms with E-state index in [1.165, 1.54) is 35.5 Å². The van der Waals surface area contributed by atoms with Gasteiger partial charge in [-0.05, 0) is 31.4 Å². The maximum Gasteiger partial charge on any atom is 0.275 e. The number of morpholine rings is 1. The van der Waals surface area contributed by atoms with Crippen LogP contribution in [0.1, 0.15) is 33.8 Å². The molecular weight excluding hydrogens is 262 g/mol. The standard InChI is InChI=1S/C13H19N3O2S/c14-15-13(17)12-5-4-9(19-12)8-16-6-7-18-11-3-1-2-10(11)16/h4-5,10-11H,1-3,6-8,14H2,(H,15,17). The number of hydrogen-bond acceptors (Lipinski definition) is 5. The Kier molecular flexibility index (Phi) is 3.83. The van der Waals surface area contributed by atoms with Crippen molar-refractivity contribution in [3.8, 4) is 0 Å². The van der Waals surface area contributed by atoms with E-state index in [-0.39, 0.29) is 5.91 Å². The van der Waals surface area contributed by atoms with Crippen LogP contribution in [-0.4, -0.2) is 36.1 Å². The fourth-order valence-corrected chi connectivity index (χ4v) is 3.99. The minimum absolute atomic E-state index is 0.211. The zero-order valence-corrected chi connectivity index (χ0v) is 11.6. The number of nitrogen functional groups attached to an aromatic ring is 1. The number of thiophene rings is 1. The van der Waals surface area contributed by atoms with E-state index in [4.69, 9.17) is 10.6 Å². The second-order valence-electron chi connectivity index (χ2n) is 5.12. The first-order chi connectivity index (χ1) is 9.28. The summed E-state index contributed by atoms with van der Waals surface area (Å²) < 4.78 is 5.81. The lowest BCUT2D eigenvalue weighted by Gasteiger charge is -2.37. The SMILES string of the molecule is NNC(=O)c1ccc(CN2CCOC3CCCC32)s1. The summed E-state index contributed by atoms with van der Waals surface area (Å²) in [4.78, 5) is 15.8. The van der Waals surface area contributed by atoms with Gasteiger partial charge >= 0.3 is 0 Å². The van der Waals surface area contributed by atoms with Crippen molar-refractivity contribution in [2.24, 2.45) is 5.84 Å². The van der Waals surface area contributed by atoms with Gasteiger partial charge in [-0.2, -0.15) is 0 Å². The highest BCUT2D eigenvalue weighted by Crippen LogP contribution is 2.31. The van der Waals surface area contributed by atoms with E-state index in [0.29, 0.717) is 17.0 Å². The summed E-state index contributed by atoms with van der Waals surface area (Å²) in [6.07, 6.45) is 4.09. The Labute approximate surface area is 116 Å². The number of rotatable bonds is 3. The van der Waals surface area contributed by atoms with E-state index >= 15 is 0 Å². The topological polar surface area (TPSA) is 67.6 Å². The molecule has 19 heavy (non-hydrogen) atoms. The molecule has 1 aromatic rings.